The molecule has 1 aromatic carbocycles. The summed E-state index contributed by atoms with van der Waals surface area (Å²) in [5, 5.41) is 4.06. The number of amides is 1. The molecule has 3 rings (SSSR count). The predicted molar refractivity (Wildman–Crippen MR) is 82.5 cm³/mol. The monoisotopic (exact) mass is 284 g/mol. The third kappa shape index (κ3) is 2.91. The van der Waals surface area contributed by atoms with Gasteiger partial charge < -0.3 is 9.80 Å². The van der Waals surface area contributed by atoms with Crippen molar-refractivity contribution in [2.24, 2.45) is 7.05 Å². The summed E-state index contributed by atoms with van der Waals surface area (Å²) in [5.41, 5.74) is 3.17. The third-order valence-corrected chi connectivity index (χ3v) is 3.89. The predicted octanol–water partition coefficient (Wildman–Crippen LogP) is 1.69. The van der Waals surface area contributed by atoms with Crippen molar-refractivity contribution in [3.8, 4) is 0 Å². The van der Waals surface area contributed by atoms with Crippen LogP contribution in [-0.4, -0.2) is 46.8 Å². The van der Waals surface area contributed by atoms with Crippen molar-refractivity contribution >= 4 is 11.6 Å². The molecule has 1 aromatic heterocycles. The number of nitrogens with zero attached hydrogens (tertiary/aromatic N) is 4. The van der Waals surface area contributed by atoms with Gasteiger partial charge in [0.25, 0.3) is 5.91 Å². The number of carbonyl (C=O) groups is 1. The molecule has 1 aliphatic heterocycles. The van der Waals surface area contributed by atoms with Crippen molar-refractivity contribution in [3.63, 3.8) is 0 Å². The van der Waals surface area contributed by atoms with Crippen LogP contribution in [0.2, 0.25) is 0 Å². The van der Waals surface area contributed by atoms with E-state index in [1.807, 2.05) is 11.9 Å². The van der Waals surface area contributed by atoms with Gasteiger partial charge in [0.15, 0.2) is 0 Å². The lowest BCUT2D eigenvalue weighted by Crippen LogP contribution is -2.48. The molecule has 1 fully saturated rings. The number of rotatable bonds is 2. The Balaban J connectivity index is 1.64. The second-order valence-electron chi connectivity index (χ2n) is 5.52. The van der Waals surface area contributed by atoms with Crippen molar-refractivity contribution in [3.05, 3.63) is 47.8 Å². The number of benzene rings is 1. The highest BCUT2D eigenvalue weighted by atomic mass is 16.2. The first-order valence-electron chi connectivity index (χ1n) is 7.23. The van der Waals surface area contributed by atoms with Crippen LogP contribution in [0.5, 0.6) is 0 Å². The van der Waals surface area contributed by atoms with E-state index in [1.54, 1.807) is 17.1 Å². The zero-order valence-electron chi connectivity index (χ0n) is 12.5. The number of hydrogen-bond acceptors (Lipinski definition) is 3. The van der Waals surface area contributed by atoms with E-state index in [9.17, 15) is 4.79 Å². The molecule has 0 bridgehead atoms. The molecule has 0 saturated carbocycles. The summed E-state index contributed by atoms with van der Waals surface area (Å²) in [7, 11) is 1.83. The minimum atomic E-state index is 0.0759. The molecule has 1 aliphatic rings. The second kappa shape index (κ2) is 5.60. The normalized spacial score (nSPS) is 15.3. The van der Waals surface area contributed by atoms with Gasteiger partial charge in [-0.05, 0) is 24.6 Å². The van der Waals surface area contributed by atoms with Gasteiger partial charge in [0.2, 0.25) is 0 Å². The fourth-order valence-electron chi connectivity index (χ4n) is 2.71. The zero-order chi connectivity index (χ0) is 14.8. The summed E-state index contributed by atoms with van der Waals surface area (Å²) in [6.07, 6.45) is 3.41. The van der Waals surface area contributed by atoms with Gasteiger partial charge in [-0.2, -0.15) is 5.10 Å². The molecule has 5 heteroatoms. The molecule has 2 aromatic rings. The fourth-order valence-corrected chi connectivity index (χ4v) is 2.71. The number of hydrogen-bond donors (Lipinski definition) is 0. The Hall–Kier alpha value is -2.30. The van der Waals surface area contributed by atoms with Gasteiger partial charge in [0, 0.05) is 45.1 Å². The molecule has 2 heterocycles. The van der Waals surface area contributed by atoms with Crippen LogP contribution in [0, 0.1) is 6.92 Å². The summed E-state index contributed by atoms with van der Waals surface area (Å²) >= 11 is 0. The number of piperazine rings is 1. The third-order valence-electron chi connectivity index (χ3n) is 3.89. The zero-order valence-corrected chi connectivity index (χ0v) is 12.5. The number of anilines is 1. The molecule has 21 heavy (non-hydrogen) atoms. The molecule has 0 aliphatic carbocycles. The number of carbonyl (C=O) groups excluding carboxylic acids is 1. The molecule has 0 radical (unpaired) electrons. The van der Waals surface area contributed by atoms with E-state index in [4.69, 9.17) is 0 Å². The Bertz CT molecular complexity index is 641. The van der Waals surface area contributed by atoms with Crippen LogP contribution in [0.1, 0.15) is 15.9 Å². The van der Waals surface area contributed by atoms with Gasteiger partial charge >= 0.3 is 0 Å². The summed E-state index contributed by atoms with van der Waals surface area (Å²) in [4.78, 5) is 16.6. The van der Waals surface area contributed by atoms with Crippen LogP contribution in [0.15, 0.2) is 36.7 Å². The van der Waals surface area contributed by atoms with Crippen molar-refractivity contribution in [2.45, 2.75) is 6.92 Å². The highest BCUT2D eigenvalue weighted by Gasteiger charge is 2.23. The van der Waals surface area contributed by atoms with Gasteiger partial charge in [-0.15, -0.1) is 0 Å². The quantitative estimate of drug-likeness (QED) is 0.842. The molecule has 0 N–H and O–H groups in total. The van der Waals surface area contributed by atoms with Crippen molar-refractivity contribution in [2.75, 3.05) is 31.1 Å². The minimum absolute atomic E-state index is 0.0759. The van der Waals surface area contributed by atoms with Crippen LogP contribution in [0.3, 0.4) is 0 Å². The Morgan fingerprint density at radius 2 is 1.95 bits per heavy atom. The highest BCUT2D eigenvalue weighted by Crippen LogP contribution is 2.18. The largest absolute Gasteiger partial charge is 0.368 e. The van der Waals surface area contributed by atoms with E-state index in [1.165, 1.54) is 11.3 Å². The fraction of sp³-hybridized carbons (Fsp3) is 0.375. The smallest absolute Gasteiger partial charge is 0.257 e. The SMILES string of the molecule is Cc1cccc(N2CCN(C(=O)c3cnn(C)c3)CC2)c1. The maximum absolute atomic E-state index is 12.4. The Morgan fingerprint density at radius 3 is 2.57 bits per heavy atom. The van der Waals surface area contributed by atoms with Crippen LogP contribution in [0.25, 0.3) is 0 Å². The van der Waals surface area contributed by atoms with Crippen molar-refractivity contribution < 1.29 is 4.79 Å². The Morgan fingerprint density at radius 1 is 1.19 bits per heavy atom. The van der Waals surface area contributed by atoms with Crippen LogP contribution < -0.4 is 4.90 Å². The first-order valence-corrected chi connectivity index (χ1v) is 7.23. The molecule has 5 nitrogen and oxygen atoms in total. The molecule has 1 amide bonds. The van der Waals surface area contributed by atoms with Gasteiger partial charge in [0.05, 0.1) is 11.8 Å². The first kappa shape index (κ1) is 13.7. The topological polar surface area (TPSA) is 41.4 Å². The molecule has 0 unspecified atom stereocenters. The maximum Gasteiger partial charge on any atom is 0.257 e. The van der Waals surface area contributed by atoms with E-state index < -0.39 is 0 Å². The lowest BCUT2D eigenvalue weighted by molar-refractivity contribution is 0.0746. The van der Waals surface area contributed by atoms with E-state index in [2.05, 4.69) is 41.2 Å². The summed E-state index contributed by atoms with van der Waals surface area (Å²) in [5.74, 6) is 0.0759. The molecular weight excluding hydrogens is 264 g/mol. The van der Waals surface area contributed by atoms with Crippen LogP contribution >= 0.6 is 0 Å². The number of aromatic nitrogens is 2. The van der Waals surface area contributed by atoms with Crippen molar-refractivity contribution in [1.82, 2.24) is 14.7 Å². The van der Waals surface area contributed by atoms with E-state index in [0.717, 1.165) is 26.2 Å². The summed E-state index contributed by atoms with van der Waals surface area (Å²) < 4.78 is 1.66. The van der Waals surface area contributed by atoms with Gasteiger partial charge in [-0.1, -0.05) is 12.1 Å². The molecular formula is C16H20N4O. The lowest BCUT2D eigenvalue weighted by Gasteiger charge is -2.36. The molecule has 0 spiro atoms. The lowest BCUT2D eigenvalue weighted by atomic mass is 10.2. The average molecular weight is 284 g/mol. The van der Waals surface area contributed by atoms with Crippen LogP contribution in [0.4, 0.5) is 5.69 Å². The Labute approximate surface area is 124 Å². The van der Waals surface area contributed by atoms with Crippen LogP contribution in [-0.2, 0) is 7.05 Å². The maximum atomic E-state index is 12.4. The van der Waals surface area contributed by atoms with Gasteiger partial charge in [0.1, 0.15) is 0 Å². The Kier molecular flexibility index (Phi) is 3.64. The van der Waals surface area contributed by atoms with Gasteiger partial charge in [-0.25, -0.2) is 0 Å². The average Bonchev–Trinajstić information content (AvgIpc) is 2.93. The highest BCUT2D eigenvalue weighted by molar-refractivity contribution is 5.93. The molecule has 1 saturated heterocycles. The standard InChI is InChI=1S/C16H20N4O/c1-13-4-3-5-15(10-13)19-6-8-20(9-7-19)16(21)14-11-17-18(2)12-14/h3-5,10-12H,6-9H2,1-2H3. The summed E-state index contributed by atoms with van der Waals surface area (Å²) in [6.45, 7) is 5.35. The minimum Gasteiger partial charge on any atom is -0.368 e. The second-order valence-corrected chi connectivity index (χ2v) is 5.52. The van der Waals surface area contributed by atoms with Gasteiger partial charge in [-0.3, -0.25) is 9.48 Å². The molecule has 0 atom stereocenters. The van der Waals surface area contributed by atoms with E-state index >= 15 is 0 Å². The summed E-state index contributed by atoms with van der Waals surface area (Å²) in [6, 6.07) is 8.51. The first-order chi connectivity index (χ1) is 10.1. The van der Waals surface area contributed by atoms with E-state index in [0.29, 0.717) is 5.56 Å². The number of aryl methyl sites for hydroxylation is 2. The van der Waals surface area contributed by atoms with Crippen molar-refractivity contribution in [1.29, 1.82) is 0 Å². The van der Waals surface area contributed by atoms with E-state index in [-0.39, 0.29) is 5.91 Å². The molecule has 110 valence electrons.